The molecule has 2 rings (SSSR count). The first-order valence-electron chi connectivity index (χ1n) is 7.23. The Labute approximate surface area is 110 Å². The van der Waals surface area contributed by atoms with Gasteiger partial charge in [-0.3, -0.25) is 9.69 Å². The van der Waals surface area contributed by atoms with Crippen LogP contribution in [0.25, 0.3) is 0 Å². The SMILES string of the molecule is CCOC(=O)CC1CC(N)CN(C2CC(C)C2)C1. The van der Waals surface area contributed by atoms with Crippen LogP contribution in [0.4, 0.5) is 0 Å². The molecule has 2 fully saturated rings. The molecule has 1 aliphatic carbocycles. The first-order chi connectivity index (χ1) is 8.58. The van der Waals surface area contributed by atoms with Crippen LogP contribution in [0.2, 0.25) is 0 Å². The fraction of sp³-hybridized carbons (Fsp3) is 0.929. The lowest BCUT2D eigenvalue weighted by atomic mass is 9.79. The summed E-state index contributed by atoms with van der Waals surface area (Å²) in [5, 5.41) is 0. The highest BCUT2D eigenvalue weighted by molar-refractivity contribution is 5.69. The van der Waals surface area contributed by atoms with Crippen molar-refractivity contribution in [2.75, 3.05) is 19.7 Å². The number of hydrogen-bond acceptors (Lipinski definition) is 4. The molecule has 1 aliphatic heterocycles. The van der Waals surface area contributed by atoms with Gasteiger partial charge in [0, 0.05) is 31.6 Å². The molecule has 2 N–H and O–H groups in total. The zero-order valence-electron chi connectivity index (χ0n) is 11.6. The highest BCUT2D eigenvalue weighted by Gasteiger charge is 2.36. The van der Waals surface area contributed by atoms with Gasteiger partial charge in [0.2, 0.25) is 0 Å². The fourth-order valence-corrected chi connectivity index (χ4v) is 3.34. The van der Waals surface area contributed by atoms with Crippen molar-refractivity contribution in [3.05, 3.63) is 0 Å². The minimum atomic E-state index is -0.0708. The Kier molecular flexibility index (Phi) is 4.62. The molecular weight excluding hydrogens is 228 g/mol. The largest absolute Gasteiger partial charge is 0.466 e. The van der Waals surface area contributed by atoms with Crippen molar-refractivity contribution in [1.29, 1.82) is 0 Å². The van der Waals surface area contributed by atoms with E-state index in [0.717, 1.165) is 25.4 Å². The predicted octanol–water partition coefficient (Wildman–Crippen LogP) is 1.39. The molecule has 0 spiro atoms. The third-order valence-corrected chi connectivity index (χ3v) is 4.22. The van der Waals surface area contributed by atoms with E-state index in [2.05, 4.69) is 11.8 Å². The van der Waals surface area contributed by atoms with Gasteiger partial charge in [-0.15, -0.1) is 0 Å². The summed E-state index contributed by atoms with van der Waals surface area (Å²) in [5.41, 5.74) is 6.12. The van der Waals surface area contributed by atoms with Gasteiger partial charge in [0.25, 0.3) is 0 Å². The third-order valence-electron chi connectivity index (χ3n) is 4.22. The summed E-state index contributed by atoms with van der Waals surface area (Å²) in [5.74, 6) is 1.17. The molecule has 0 bridgehead atoms. The summed E-state index contributed by atoms with van der Waals surface area (Å²) < 4.78 is 5.03. The molecular formula is C14H26N2O2. The number of rotatable bonds is 4. The Morgan fingerprint density at radius 2 is 2.06 bits per heavy atom. The van der Waals surface area contributed by atoms with Gasteiger partial charge in [0.05, 0.1) is 6.61 Å². The van der Waals surface area contributed by atoms with Crippen LogP contribution in [0.1, 0.15) is 39.5 Å². The van der Waals surface area contributed by atoms with E-state index in [1.807, 2.05) is 6.92 Å². The zero-order valence-corrected chi connectivity index (χ0v) is 11.6. The van der Waals surface area contributed by atoms with Gasteiger partial charge in [-0.25, -0.2) is 0 Å². The van der Waals surface area contributed by atoms with E-state index in [1.165, 1.54) is 12.8 Å². The number of carbonyl (C=O) groups is 1. The Balaban J connectivity index is 1.82. The molecule has 4 heteroatoms. The van der Waals surface area contributed by atoms with Gasteiger partial charge in [-0.1, -0.05) is 6.92 Å². The predicted molar refractivity (Wildman–Crippen MR) is 71.1 cm³/mol. The monoisotopic (exact) mass is 254 g/mol. The molecule has 0 aromatic carbocycles. The maximum atomic E-state index is 11.5. The molecule has 4 nitrogen and oxygen atoms in total. The number of nitrogens with zero attached hydrogens (tertiary/aromatic N) is 1. The Morgan fingerprint density at radius 1 is 1.33 bits per heavy atom. The summed E-state index contributed by atoms with van der Waals surface area (Å²) in [6.45, 7) is 6.64. The number of likely N-dealkylation sites (tertiary alicyclic amines) is 1. The molecule has 0 radical (unpaired) electrons. The van der Waals surface area contributed by atoms with Crippen molar-refractivity contribution < 1.29 is 9.53 Å². The zero-order chi connectivity index (χ0) is 13.1. The summed E-state index contributed by atoms with van der Waals surface area (Å²) in [6, 6.07) is 0.921. The molecule has 0 aromatic rings. The topological polar surface area (TPSA) is 55.6 Å². The molecule has 18 heavy (non-hydrogen) atoms. The minimum absolute atomic E-state index is 0.0708. The van der Waals surface area contributed by atoms with Gasteiger partial charge < -0.3 is 10.5 Å². The molecule has 1 heterocycles. The lowest BCUT2D eigenvalue weighted by Crippen LogP contribution is -2.54. The van der Waals surface area contributed by atoms with Gasteiger partial charge in [-0.05, 0) is 38.0 Å². The Hall–Kier alpha value is -0.610. The van der Waals surface area contributed by atoms with Crippen molar-refractivity contribution in [2.24, 2.45) is 17.6 Å². The minimum Gasteiger partial charge on any atom is -0.466 e. The summed E-state index contributed by atoms with van der Waals surface area (Å²) in [4.78, 5) is 14.0. The van der Waals surface area contributed by atoms with Gasteiger partial charge >= 0.3 is 5.97 Å². The lowest BCUT2D eigenvalue weighted by molar-refractivity contribution is -0.144. The van der Waals surface area contributed by atoms with Crippen LogP contribution in [0.15, 0.2) is 0 Å². The van der Waals surface area contributed by atoms with Crippen LogP contribution in [-0.2, 0) is 9.53 Å². The maximum absolute atomic E-state index is 11.5. The van der Waals surface area contributed by atoms with Gasteiger partial charge in [0.1, 0.15) is 0 Å². The van der Waals surface area contributed by atoms with Crippen LogP contribution in [-0.4, -0.2) is 42.6 Å². The van der Waals surface area contributed by atoms with Crippen molar-refractivity contribution in [1.82, 2.24) is 4.90 Å². The quantitative estimate of drug-likeness (QED) is 0.770. The Bertz CT molecular complexity index is 290. The van der Waals surface area contributed by atoms with E-state index >= 15 is 0 Å². The lowest BCUT2D eigenvalue weighted by Gasteiger charge is -2.46. The average Bonchev–Trinajstić information content (AvgIpc) is 2.24. The van der Waals surface area contributed by atoms with Crippen LogP contribution < -0.4 is 5.73 Å². The van der Waals surface area contributed by atoms with Crippen molar-refractivity contribution >= 4 is 5.97 Å². The smallest absolute Gasteiger partial charge is 0.306 e. The number of ether oxygens (including phenoxy) is 1. The fourth-order valence-electron chi connectivity index (χ4n) is 3.34. The first-order valence-corrected chi connectivity index (χ1v) is 7.23. The molecule has 2 atom stereocenters. The molecule has 0 amide bonds. The van der Waals surface area contributed by atoms with Gasteiger partial charge in [-0.2, -0.15) is 0 Å². The van der Waals surface area contributed by atoms with Crippen molar-refractivity contribution in [3.8, 4) is 0 Å². The molecule has 1 saturated heterocycles. The van der Waals surface area contributed by atoms with Gasteiger partial charge in [0.15, 0.2) is 0 Å². The molecule has 1 saturated carbocycles. The summed E-state index contributed by atoms with van der Waals surface area (Å²) in [6.07, 6.45) is 4.07. The van der Waals surface area contributed by atoms with E-state index in [0.29, 0.717) is 25.0 Å². The summed E-state index contributed by atoms with van der Waals surface area (Å²) in [7, 11) is 0. The number of hydrogen-bond donors (Lipinski definition) is 1. The second kappa shape index (κ2) is 6.02. The van der Waals surface area contributed by atoms with E-state index in [1.54, 1.807) is 0 Å². The molecule has 2 unspecified atom stereocenters. The van der Waals surface area contributed by atoms with E-state index in [9.17, 15) is 4.79 Å². The Morgan fingerprint density at radius 3 is 2.67 bits per heavy atom. The second-order valence-electron chi connectivity index (χ2n) is 6.06. The number of esters is 1. The molecule has 0 aromatic heterocycles. The van der Waals surface area contributed by atoms with Crippen molar-refractivity contribution in [3.63, 3.8) is 0 Å². The number of piperidine rings is 1. The highest BCUT2D eigenvalue weighted by atomic mass is 16.5. The second-order valence-corrected chi connectivity index (χ2v) is 6.06. The standard InChI is InChI=1S/C14H26N2O2/c1-3-18-14(17)7-11-6-12(15)9-16(8-11)13-4-10(2)5-13/h10-13H,3-9,15H2,1-2H3. The van der Waals surface area contributed by atoms with Crippen molar-refractivity contribution in [2.45, 2.75) is 51.6 Å². The first kappa shape index (κ1) is 13.8. The molecule has 2 aliphatic rings. The van der Waals surface area contributed by atoms with E-state index in [4.69, 9.17) is 10.5 Å². The summed E-state index contributed by atoms with van der Waals surface area (Å²) >= 11 is 0. The number of nitrogens with two attached hydrogens (primary N) is 1. The normalized spacial score (nSPS) is 37.1. The highest BCUT2D eigenvalue weighted by Crippen LogP contribution is 2.34. The van der Waals surface area contributed by atoms with Crippen LogP contribution in [0.5, 0.6) is 0 Å². The van der Waals surface area contributed by atoms with Crippen LogP contribution in [0.3, 0.4) is 0 Å². The maximum Gasteiger partial charge on any atom is 0.306 e. The molecule has 104 valence electrons. The number of carbonyl (C=O) groups excluding carboxylic acids is 1. The van der Waals surface area contributed by atoms with Crippen LogP contribution in [0, 0.1) is 11.8 Å². The average molecular weight is 254 g/mol. The van der Waals surface area contributed by atoms with Crippen LogP contribution >= 0.6 is 0 Å². The third kappa shape index (κ3) is 3.45. The van der Waals surface area contributed by atoms with E-state index < -0.39 is 0 Å². The van der Waals surface area contributed by atoms with E-state index in [-0.39, 0.29) is 12.0 Å².